The number of benzene rings is 2. The van der Waals surface area contributed by atoms with Crippen LogP contribution in [0.1, 0.15) is 23.1 Å². The SMILES string of the molecule is OC(c1csc2c(Br)cccc12)C1COc2ccccc21. The van der Waals surface area contributed by atoms with Crippen molar-refractivity contribution in [2.75, 3.05) is 6.61 Å². The summed E-state index contributed by atoms with van der Waals surface area (Å²) < 4.78 is 7.96. The molecule has 2 unspecified atom stereocenters. The fourth-order valence-electron chi connectivity index (χ4n) is 2.94. The highest BCUT2D eigenvalue weighted by Crippen LogP contribution is 2.44. The van der Waals surface area contributed by atoms with Gasteiger partial charge in [-0.05, 0) is 44.4 Å². The van der Waals surface area contributed by atoms with Crippen LogP contribution in [-0.2, 0) is 0 Å². The van der Waals surface area contributed by atoms with Crippen molar-refractivity contribution in [3.05, 3.63) is 63.4 Å². The van der Waals surface area contributed by atoms with Crippen LogP contribution in [0.3, 0.4) is 0 Å². The molecule has 3 aromatic rings. The Morgan fingerprint density at radius 1 is 1.19 bits per heavy atom. The van der Waals surface area contributed by atoms with Crippen molar-refractivity contribution >= 4 is 37.4 Å². The number of thiophene rings is 1. The Morgan fingerprint density at radius 3 is 2.95 bits per heavy atom. The van der Waals surface area contributed by atoms with Gasteiger partial charge >= 0.3 is 0 Å². The van der Waals surface area contributed by atoms with Crippen molar-refractivity contribution in [1.29, 1.82) is 0 Å². The molecule has 0 amide bonds. The summed E-state index contributed by atoms with van der Waals surface area (Å²) in [6, 6.07) is 14.1. The molecule has 21 heavy (non-hydrogen) atoms. The summed E-state index contributed by atoms with van der Waals surface area (Å²) in [6.07, 6.45) is -0.545. The van der Waals surface area contributed by atoms with E-state index >= 15 is 0 Å². The molecule has 0 aliphatic carbocycles. The summed E-state index contributed by atoms with van der Waals surface area (Å²) in [5.74, 6) is 0.889. The molecule has 1 aliphatic rings. The Balaban J connectivity index is 1.78. The maximum absolute atomic E-state index is 10.9. The van der Waals surface area contributed by atoms with E-state index in [4.69, 9.17) is 4.74 Å². The molecule has 2 heterocycles. The first-order valence-corrected chi connectivity index (χ1v) is 8.48. The molecule has 1 aliphatic heterocycles. The molecule has 0 saturated heterocycles. The van der Waals surface area contributed by atoms with Gasteiger partial charge in [0.05, 0.1) is 18.6 Å². The Bertz CT molecular complexity index is 811. The maximum atomic E-state index is 10.9. The highest BCUT2D eigenvalue weighted by atomic mass is 79.9. The third-order valence-electron chi connectivity index (χ3n) is 4.02. The second-order valence-corrected chi connectivity index (χ2v) is 6.94. The Kier molecular flexibility index (Phi) is 3.25. The van der Waals surface area contributed by atoms with Crippen LogP contribution in [0.4, 0.5) is 0 Å². The molecule has 0 spiro atoms. The van der Waals surface area contributed by atoms with E-state index in [9.17, 15) is 5.11 Å². The molecule has 1 N–H and O–H groups in total. The van der Waals surface area contributed by atoms with E-state index in [2.05, 4.69) is 27.4 Å². The molecule has 1 aromatic heterocycles. The zero-order chi connectivity index (χ0) is 14.4. The number of hydrogen-bond donors (Lipinski definition) is 1. The number of aliphatic hydroxyl groups excluding tert-OH is 1. The minimum Gasteiger partial charge on any atom is -0.493 e. The van der Waals surface area contributed by atoms with Gasteiger partial charge in [0.2, 0.25) is 0 Å². The van der Waals surface area contributed by atoms with E-state index in [1.165, 1.54) is 4.70 Å². The lowest BCUT2D eigenvalue weighted by Gasteiger charge is -2.17. The van der Waals surface area contributed by atoms with Crippen LogP contribution in [0, 0.1) is 0 Å². The minimum absolute atomic E-state index is 0.00187. The van der Waals surface area contributed by atoms with Gasteiger partial charge in [-0.1, -0.05) is 30.3 Å². The normalized spacial score (nSPS) is 18.5. The average molecular weight is 361 g/mol. The first-order chi connectivity index (χ1) is 10.3. The number of halogens is 1. The Labute approximate surface area is 135 Å². The van der Waals surface area contributed by atoms with Crippen molar-refractivity contribution < 1.29 is 9.84 Å². The molecule has 0 radical (unpaired) electrons. The van der Waals surface area contributed by atoms with Gasteiger partial charge in [-0.25, -0.2) is 0 Å². The van der Waals surface area contributed by atoms with Crippen LogP contribution in [0.5, 0.6) is 5.75 Å². The summed E-state index contributed by atoms with van der Waals surface area (Å²) in [6.45, 7) is 0.534. The number of fused-ring (bicyclic) bond motifs is 2. The molecule has 2 nitrogen and oxygen atoms in total. The van der Waals surface area contributed by atoms with Crippen LogP contribution in [-0.4, -0.2) is 11.7 Å². The molecule has 2 aromatic carbocycles. The highest BCUT2D eigenvalue weighted by molar-refractivity contribution is 9.10. The van der Waals surface area contributed by atoms with Crippen molar-refractivity contribution in [3.8, 4) is 5.75 Å². The summed E-state index contributed by atoms with van der Waals surface area (Å²) >= 11 is 5.23. The fraction of sp³-hybridized carbons (Fsp3) is 0.176. The lowest BCUT2D eigenvalue weighted by Crippen LogP contribution is -2.11. The van der Waals surface area contributed by atoms with E-state index in [1.54, 1.807) is 11.3 Å². The first kappa shape index (κ1) is 13.3. The van der Waals surface area contributed by atoms with Gasteiger partial charge < -0.3 is 9.84 Å². The van der Waals surface area contributed by atoms with E-state index < -0.39 is 6.10 Å². The highest BCUT2D eigenvalue weighted by Gasteiger charge is 2.32. The number of rotatable bonds is 2. The van der Waals surface area contributed by atoms with Crippen LogP contribution in [0.25, 0.3) is 10.1 Å². The number of para-hydroxylation sites is 1. The smallest absolute Gasteiger partial charge is 0.123 e. The van der Waals surface area contributed by atoms with Crippen molar-refractivity contribution in [3.63, 3.8) is 0 Å². The van der Waals surface area contributed by atoms with Gasteiger partial charge in [0.25, 0.3) is 0 Å². The van der Waals surface area contributed by atoms with Crippen LogP contribution in [0.15, 0.2) is 52.3 Å². The minimum atomic E-state index is -0.545. The third kappa shape index (κ3) is 2.09. The molecule has 0 fully saturated rings. The molecular formula is C17H13BrO2S. The molecule has 0 bridgehead atoms. The summed E-state index contributed by atoms with van der Waals surface area (Å²) in [5, 5.41) is 14.0. The lowest BCUT2D eigenvalue weighted by molar-refractivity contribution is 0.132. The second kappa shape index (κ2) is 5.13. The van der Waals surface area contributed by atoms with Crippen LogP contribution < -0.4 is 4.74 Å². The molecule has 106 valence electrons. The monoisotopic (exact) mass is 360 g/mol. The topological polar surface area (TPSA) is 29.5 Å². The Hall–Kier alpha value is -1.36. The van der Waals surface area contributed by atoms with E-state index in [0.29, 0.717) is 6.61 Å². The third-order valence-corrected chi connectivity index (χ3v) is 5.99. The molecule has 0 saturated carbocycles. The van der Waals surface area contributed by atoms with Crippen molar-refractivity contribution in [1.82, 2.24) is 0 Å². The summed E-state index contributed by atoms with van der Waals surface area (Å²) in [7, 11) is 0. The van der Waals surface area contributed by atoms with Gasteiger partial charge in [0.15, 0.2) is 0 Å². The van der Waals surface area contributed by atoms with Crippen molar-refractivity contribution in [2.24, 2.45) is 0 Å². The number of aliphatic hydroxyl groups is 1. The quantitative estimate of drug-likeness (QED) is 0.705. The molecule has 2 atom stereocenters. The van der Waals surface area contributed by atoms with E-state index in [-0.39, 0.29) is 5.92 Å². The van der Waals surface area contributed by atoms with Gasteiger partial charge in [0, 0.05) is 14.7 Å². The first-order valence-electron chi connectivity index (χ1n) is 6.81. The van der Waals surface area contributed by atoms with Crippen LogP contribution in [0.2, 0.25) is 0 Å². The van der Waals surface area contributed by atoms with Gasteiger partial charge in [0.1, 0.15) is 5.75 Å². The summed E-state index contributed by atoms with van der Waals surface area (Å²) in [4.78, 5) is 0. The largest absolute Gasteiger partial charge is 0.493 e. The second-order valence-electron chi connectivity index (χ2n) is 5.21. The van der Waals surface area contributed by atoms with Gasteiger partial charge in [-0.15, -0.1) is 11.3 Å². The number of ether oxygens (including phenoxy) is 1. The van der Waals surface area contributed by atoms with E-state index in [1.807, 2.05) is 36.4 Å². The molecule has 4 rings (SSSR count). The predicted octanol–water partition coefficient (Wildman–Crippen LogP) is 4.87. The number of hydrogen-bond acceptors (Lipinski definition) is 3. The van der Waals surface area contributed by atoms with E-state index in [0.717, 1.165) is 26.7 Å². The molecular weight excluding hydrogens is 348 g/mol. The maximum Gasteiger partial charge on any atom is 0.123 e. The van der Waals surface area contributed by atoms with Gasteiger partial charge in [-0.3, -0.25) is 0 Å². The Morgan fingerprint density at radius 2 is 2.05 bits per heavy atom. The van der Waals surface area contributed by atoms with Crippen LogP contribution >= 0.6 is 27.3 Å². The zero-order valence-electron chi connectivity index (χ0n) is 11.1. The lowest BCUT2D eigenvalue weighted by atomic mass is 9.91. The van der Waals surface area contributed by atoms with Gasteiger partial charge in [-0.2, -0.15) is 0 Å². The zero-order valence-corrected chi connectivity index (χ0v) is 13.5. The molecule has 4 heteroatoms. The van der Waals surface area contributed by atoms with Crippen molar-refractivity contribution in [2.45, 2.75) is 12.0 Å². The fourth-order valence-corrected chi connectivity index (χ4v) is 4.59. The standard InChI is InChI=1S/C17H13BrO2S/c18-14-6-3-5-11-13(9-21-17(11)14)16(19)12-8-20-15-7-2-1-4-10(12)15/h1-7,9,12,16,19H,8H2. The summed E-state index contributed by atoms with van der Waals surface area (Å²) in [5.41, 5.74) is 2.08. The average Bonchev–Trinajstić information content (AvgIpc) is 3.11. The predicted molar refractivity (Wildman–Crippen MR) is 89.2 cm³/mol.